The van der Waals surface area contributed by atoms with Crippen molar-refractivity contribution in [2.24, 2.45) is 0 Å². The van der Waals surface area contributed by atoms with Crippen LogP contribution in [0, 0.1) is 0 Å². The van der Waals surface area contributed by atoms with Gasteiger partial charge in [-0.1, -0.05) is 45.4 Å². The lowest BCUT2D eigenvalue weighted by Gasteiger charge is -2.43. The Morgan fingerprint density at radius 1 is 1.00 bits per heavy atom. The SMILES string of the molecule is CC.CC.Nc1ncnc2cc(CN3C(=O)CN(Cc4cc5cc(Cl)ccc5[nH]4)CC3CN3CCOCC3)ccc12. The van der Waals surface area contributed by atoms with E-state index in [4.69, 9.17) is 22.1 Å². The topological polar surface area (TPSA) is 104 Å². The van der Waals surface area contributed by atoms with Crippen molar-refractivity contribution in [3.63, 3.8) is 0 Å². The van der Waals surface area contributed by atoms with Gasteiger partial charge in [-0.2, -0.15) is 0 Å². The molecule has 0 bridgehead atoms. The van der Waals surface area contributed by atoms with Gasteiger partial charge in [0.1, 0.15) is 12.1 Å². The molecule has 2 aromatic carbocycles. The summed E-state index contributed by atoms with van der Waals surface area (Å²) in [6, 6.07) is 14.0. The third-order valence-corrected chi connectivity index (χ3v) is 7.51. The van der Waals surface area contributed by atoms with E-state index in [1.807, 2.05) is 69.0 Å². The van der Waals surface area contributed by atoms with E-state index in [9.17, 15) is 4.79 Å². The quantitative estimate of drug-likeness (QED) is 0.333. The summed E-state index contributed by atoms with van der Waals surface area (Å²) >= 11 is 6.17. The highest BCUT2D eigenvalue weighted by atomic mass is 35.5. The Hall–Kier alpha value is -3.24. The van der Waals surface area contributed by atoms with Crippen molar-refractivity contribution in [3.05, 3.63) is 65.1 Å². The largest absolute Gasteiger partial charge is 0.383 e. The number of anilines is 1. The molecule has 2 fully saturated rings. The lowest BCUT2D eigenvalue weighted by Crippen LogP contribution is -2.59. The molecule has 9 nitrogen and oxygen atoms in total. The Balaban J connectivity index is 0.000000929. The fourth-order valence-corrected chi connectivity index (χ4v) is 5.61. The van der Waals surface area contributed by atoms with E-state index < -0.39 is 0 Å². The number of H-pyrrole nitrogens is 1. The zero-order valence-corrected chi connectivity index (χ0v) is 25.3. The molecule has 1 unspecified atom stereocenters. The summed E-state index contributed by atoms with van der Waals surface area (Å²) < 4.78 is 5.55. The number of hydrogen-bond donors (Lipinski definition) is 2. The van der Waals surface area contributed by atoms with Gasteiger partial charge in [0.25, 0.3) is 0 Å². The molecule has 1 atom stereocenters. The molecule has 2 saturated heterocycles. The van der Waals surface area contributed by atoms with Crippen molar-refractivity contribution in [1.82, 2.24) is 29.7 Å². The number of ether oxygens (including phenoxy) is 1. The summed E-state index contributed by atoms with van der Waals surface area (Å²) in [5.74, 6) is 0.594. The summed E-state index contributed by atoms with van der Waals surface area (Å²) in [4.78, 5) is 32.2. The van der Waals surface area contributed by atoms with Crippen LogP contribution in [0.5, 0.6) is 0 Å². The number of nitrogens with two attached hydrogens (primary N) is 1. The third-order valence-electron chi connectivity index (χ3n) is 7.28. The van der Waals surface area contributed by atoms with Gasteiger partial charge in [0.2, 0.25) is 5.91 Å². The first kappa shape index (κ1) is 30.7. The molecule has 6 rings (SSSR count). The zero-order chi connectivity index (χ0) is 29.4. The van der Waals surface area contributed by atoms with Crippen molar-refractivity contribution in [2.75, 3.05) is 51.7 Å². The number of carbonyl (C=O) groups is 1. The molecule has 0 spiro atoms. The number of nitrogens with one attached hydrogen (secondary N) is 1. The van der Waals surface area contributed by atoms with Gasteiger partial charge in [-0.25, -0.2) is 9.97 Å². The number of morpholine rings is 1. The molecule has 10 heteroatoms. The Morgan fingerprint density at radius 3 is 2.56 bits per heavy atom. The van der Waals surface area contributed by atoms with Crippen LogP contribution in [-0.2, 0) is 22.6 Å². The number of halogens is 1. The number of hydrogen-bond acceptors (Lipinski definition) is 7. The molecule has 220 valence electrons. The van der Waals surface area contributed by atoms with E-state index in [2.05, 4.69) is 30.8 Å². The first-order valence-corrected chi connectivity index (χ1v) is 15.0. The fraction of sp³-hybridized carbons (Fsp3) is 0.452. The minimum atomic E-state index is 0.0596. The normalized spacial score (nSPS) is 18.1. The monoisotopic (exact) mass is 579 g/mol. The van der Waals surface area contributed by atoms with E-state index >= 15 is 0 Å². The predicted octanol–water partition coefficient (Wildman–Crippen LogP) is 4.94. The Labute approximate surface area is 247 Å². The fourth-order valence-electron chi connectivity index (χ4n) is 5.43. The van der Waals surface area contributed by atoms with Crippen LogP contribution in [0.2, 0.25) is 5.02 Å². The second kappa shape index (κ2) is 14.6. The second-order valence-corrected chi connectivity index (χ2v) is 10.3. The highest BCUT2D eigenvalue weighted by Crippen LogP contribution is 2.24. The lowest BCUT2D eigenvalue weighted by molar-refractivity contribution is -0.142. The van der Waals surface area contributed by atoms with E-state index in [0.29, 0.717) is 25.5 Å². The molecule has 1 amide bonds. The van der Waals surface area contributed by atoms with Gasteiger partial charge >= 0.3 is 0 Å². The van der Waals surface area contributed by atoms with Crippen molar-refractivity contribution in [1.29, 1.82) is 0 Å². The number of rotatable bonds is 6. The standard InChI is InChI=1S/C27H30ClN7O2.2C2H6/c28-20-2-4-24-19(10-20)11-21(32-24)13-34-15-22(14-33-5-7-37-8-6-33)35(26(36)16-34)12-18-1-3-23-25(9-18)30-17-31-27(23)29;2*1-2/h1-4,9-11,17,22,32H,5-8,12-16H2,(H2,29,30,31);2*1-2H3. The number of nitrogen functional groups attached to an aromatic ring is 1. The molecule has 4 heterocycles. The van der Waals surface area contributed by atoms with Crippen LogP contribution < -0.4 is 5.73 Å². The van der Waals surface area contributed by atoms with Crippen LogP contribution >= 0.6 is 11.6 Å². The molecule has 3 N–H and O–H groups in total. The number of aromatic nitrogens is 3. The smallest absolute Gasteiger partial charge is 0.237 e. The molecule has 4 aromatic rings. The Morgan fingerprint density at radius 2 is 1.78 bits per heavy atom. The predicted molar refractivity (Wildman–Crippen MR) is 167 cm³/mol. The molecule has 2 aliphatic rings. The molecule has 41 heavy (non-hydrogen) atoms. The lowest BCUT2D eigenvalue weighted by atomic mass is 10.1. The van der Waals surface area contributed by atoms with Gasteiger partial charge < -0.3 is 20.4 Å². The average Bonchev–Trinajstić information content (AvgIpc) is 3.39. The molecule has 0 saturated carbocycles. The summed E-state index contributed by atoms with van der Waals surface area (Å²) in [6.45, 7) is 14.4. The van der Waals surface area contributed by atoms with Crippen LogP contribution in [0.15, 0.2) is 48.8 Å². The van der Waals surface area contributed by atoms with Crippen LogP contribution in [0.4, 0.5) is 5.82 Å². The van der Waals surface area contributed by atoms with Crippen LogP contribution in [0.1, 0.15) is 39.0 Å². The minimum absolute atomic E-state index is 0.0596. The number of nitrogens with zero attached hydrogens (tertiary/aromatic N) is 5. The number of benzene rings is 2. The highest BCUT2D eigenvalue weighted by molar-refractivity contribution is 6.31. The summed E-state index contributed by atoms with van der Waals surface area (Å²) in [7, 11) is 0. The van der Waals surface area contributed by atoms with Gasteiger partial charge in [-0.05, 0) is 42.0 Å². The van der Waals surface area contributed by atoms with Crippen LogP contribution in [0.3, 0.4) is 0 Å². The van der Waals surface area contributed by atoms with E-state index in [-0.39, 0.29) is 11.9 Å². The first-order chi connectivity index (χ1) is 20.0. The van der Waals surface area contributed by atoms with Crippen molar-refractivity contribution in [2.45, 2.75) is 46.8 Å². The van der Waals surface area contributed by atoms with Crippen molar-refractivity contribution < 1.29 is 9.53 Å². The number of carbonyl (C=O) groups excluding carboxylic acids is 1. The van der Waals surface area contributed by atoms with Crippen molar-refractivity contribution >= 4 is 45.1 Å². The van der Waals surface area contributed by atoms with Gasteiger partial charge in [-0.15, -0.1) is 0 Å². The van der Waals surface area contributed by atoms with Gasteiger partial charge in [0.05, 0.1) is 31.3 Å². The van der Waals surface area contributed by atoms with E-state index in [0.717, 1.165) is 77.5 Å². The Bertz CT molecular complexity index is 1440. The molecular formula is C31H42ClN7O2. The number of amides is 1. The Kier molecular flexibility index (Phi) is 10.9. The van der Waals surface area contributed by atoms with Gasteiger partial charge in [-0.3, -0.25) is 14.6 Å². The second-order valence-electron chi connectivity index (χ2n) is 9.89. The first-order valence-electron chi connectivity index (χ1n) is 14.6. The molecule has 0 radical (unpaired) electrons. The number of fused-ring (bicyclic) bond motifs is 2. The number of piperazine rings is 1. The maximum atomic E-state index is 13.6. The maximum absolute atomic E-state index is 13.6. The molecular weight excluding hydrogens is 538 g/mol. The van der Waals surface area contributed by atoms with E-state index in [1.165, 1.54) is 6.33 Å². The highest BCUT2D eigenvalue weighted by Gasteiger charge is 2.34. The average molecular weight is 580 g/mol. The van der Waals surface area contributed by atoms with E-state index in [1.54, 1.807) is 0 Å². The number of aromatic amines is 1. The zero-order valence-electron chi connectivity index (χ0n) is 24.6. The van der Waals surface area contributed by atoms with Gasteiger partial charge in [0.15, 0.2) is 0 Å². The van der Waals surface area contributed by atoms with Crippen molar-refractivity contribution in [3.8, 4) is 0 Å². The minimum Gasteiger partial charge on any atom is -0.383 e. The molecule has 2 aromatic heterocycles. The summed E-state index contributed by atoms with van der Waals surface area (Å²) in [6.07, 6.45) is 1.48. The van der Waals surface area contributed by atoms with Crippen LogP contribution in [0.25, 0.3) is 21.8 Å². The third kappa shape index (κ3) is 7.54. The maximum Gasteiger partial charge on any atom is 0.237 e. The molecule has 0 aliphatic carbocycles. The van der Waals surface area contributed by atoms with Crippen LogP contribution in [-0.4, -0.2) is 87.5 Å². The summed E-state index contributed by atoms with van der Waals surface area (Å²) in [5.41, 5.74) is 9.96. The van der Waals surface area contributed by atoms with Gasteiger partial charge in [0, 0.05) is 66.3 Å². The summed E-state index contributed by atoms with van der Waals surface area (Å²) in [5, 5.41) is 2.63. The molecule has 2 aliphatic heterocycles.